The van der Waals surface area contributed by atoms with Crippen molar-refractivity contribution in [2.24, 2.45) is 0 Å². The largest absolute Gasteiger partial charge is 0.299 e. The third-order valence-electron chi connectivity index (χ3n) is 1.30. The molecule has 0 aromatic carbocycles. The van der Waals surface area contributed by atoms with Crippen molar-refractivity contribution in [2.75, 3.05) is 5.75 Å². The summed E-state index contributed by atoms with van der Waals surface area (Å²) < 4.78 is 0. The van der Waals surface area contributed by atoms with Crippen molar-refractivity contribution in [1.82, 2.24) is 0 Å². The first-order chi connectivity index (χ1) is 4.83. The molecule has 0 bridgehead atoms. The predicted molar refractivity (Wildman–Crippen MR) is 47.1 cm³/mol. The molecule has 0 unspecified atom stereocenters. The number of thiol groups is 1. The molecular formula is C8H11OS. The van der Waals surface area contributed by atoms with Crippen LogP contribution >= 0.6 is 10.9 Å². The van der Waals surface area contributed by atoms with E-state index >= 15 is 0 Å². The Hall–Kier alpha value is -0.500. The van der Waals surface area contributed by atoms with Crippen molar-refractivity contribution in [3.05, 3.63) is 29.9 Å². The van der Waals surface area contributed by atoms with E-state index in [4.69, 9.17) is 0 Å². The van der Waals surface area contributed by atoms with Gasteiger partial charge in [0.25, 0.3) is 0 Å². The summed E-state index contributed by atoms with van der Waals surface area (Å²) in [7, 11) is -0.241. The molecule has 10 heavy (non-hydrogen) atoms. The van der Waals surface area contributed by atoms with Gasteiger partial charge in [0.2, 0.25) is 0 Å². The zero-order valence-electron chi connectivity index (χ0n) is 5.79. The standard InChI is InChI=1S/C8H11OS/c1-2-8(9)7-10-5-3-4-6-10/h3-6,10H,1-2,7H2. The van der Waals surface area contributed by atoms with E-state index in [1.807, 2.05) is 12.2 Å². The van der Waals surface area contributed by atoms with Gasteiger partial charge in [-0.1, -0.05) is 12.2 Å². The summed E-state index contributed by atoms with van der Waals surface area (Å²) in [6.07, 6.45) is 4.44. The minimum Gasteiger partial charge on any atom is -0.299 e. The fourth-order valence-corrected chi connectivity index (χ4v) is 2.27. The van der Waals surface area contributed by atoms with Crippen molar-refractivity contribution < 1.29 is 4.79 Å². The summed E-state index contributed by atoms with van der Waals surface area (Å²) >= 11 is 0. The highest BCUT2D eigenvalue weighted by molar-refractivity contribution is 8.22. The lowest BCUT2D eigenvalue weighted by atomic mass is 10.4. The smallest absolute Gasteiger partial charge is 0.141 e. The molecule has 0 spiro atoms. The molecule has 0 fully saturated rings. The lowest BCUT2D eigenvalue weighted by Gasteiger charge is -2.05. The maximum Gasteiger partial charge on any atom is 0.141 e. The van der Waals surface area contributed by atoms with Gasteiger partial charge in [-0.2, -0.15) is 0 Å². The Bertz CT molecular complexity index is 170. The first-order valence-corrected chi connectivity index (χ1v) is 4.91. The fourth-order valence-electron chi connectivity index (χ4n) is 0.758. The van der Waals surface area contributed by atoms with E-state index in [0.29, 0.717) is 12.2 Å². The number of ketones is 1. The SMILES string of the molecule is [CH2]CC(=O)C[SH]1C=CC=C1. The lowest BCUT2D eigenvalue weighted by molar-refractivity contribution is -0.115. The quantitative estimate of drug-likeness (QED) is 0.615. The molecule has 0 N–H and O–H groups in total. The van der Waals surface area contributed by atoms with Gasteiger partial charge in [-0.3, -0.25) is 4.79 Å². The van der Waals surface area contributed by atoms with Gasteiger partial charge in [0.05, 0.1) is 0 Å². The third-order valence-corrected chi connectivity index (χ3v) is 3.13. The molecule has 2 heteroatoms. The second kappa shape index (κ2) is 3.62. The summed E-state index contributed by atoms with van der Waals surface area (Å²) in [6, 6.07) is 0. The molecule has 0 amide bonds. The molecule has 1 aliphatic rings. The molecule has 0 atom stereocenters. The average Bonchev–Trinajstić information content (AvgIpc) is 2.40. The summed E-state index contributed by atoms with van der Waals surface area (Å²) in [5.74, 6) is 0.952. The second-order valence-corrected chi connectivity index (χ2v) is 4.09. The minimum absolute atomic E-state index is 0.241. The number of Topliss-reactive ketones (excluding diaryl/α,β-unsaturated/α-hetero) is 1. The topological polar surface area (TPSA) is 17.1 Å². The lowest BCUT2D eigenvalue weighted by Crippen LogP contribution is -2.00. The molecule has 55 valence electrons. The van der Waals surface area contributed by atoms with Crippen molar-refractivity contribution in [3.63, 3.8) is 0 Å². The van der Waals surface area contributed by atoms with Crippen LogP contribution < -0.4 is 0 Å². The van der Waals surface area contributed by atoms with Crippen LogP contribution in [0.5, 0.6) is 0 Å². The minimum atomic E-state index is -0.241. The molecule has 0 saturated heterocycles. The molecule has 0 aromatic rings. The Morgan fingerprint density at radius 1 is 1.40 bits per heavy atom. The van der Waals surface area contributed by atoms with Gasteiger partial charge in [0.1, 0.15) is 5.78 Å². The first kappa shape index (κ1) is 7.61. The number of rotatable bonds is 3. The Balaban J connectivity index is 2.32. The molecule has 0 aromatic heterocycles. The maximum atomic E-state index is 10.9. The fraction of sp³-hybridized carbons (Fsp3) is 0.250. The molecular weight excluding hydrogens is 144 g/mol. The van der Waals surface area contributed by atoms with Gasteiger partial charge < -0.3 is 0 Å². The van der Waals surface area contributed by atoms with E-state index < -0.39 is 0 Å². The van der Waals surface area contributed by atoms with Crippen molar-refractivity contribution in [3.8, 4) is 0 Å². The molecule has 1 radical (unpaired) electrons. The molecule has 1 rings (SSSR count). The number of allylic oxidation sites excluding steroid dienone is 2. The summed E-state index contributed by atoms with van der Waals surface area (Å²) in [4.78, 5) is 10.9. The molecule has 1 heterocycles. The summed E-state index contributed by atoms with van der Waals surface area (Å²) in [6.45, 7) is 3.54. The van der Waals surface area contributed by atoms with Crippen molar-refractivity contribution >= 4 is 16.7 Å². The van der Waals surface area contributed by atoms with Crippen LogP contribution in [-0.2, 0) is 4.79 Å². The van der Waals surface area contributed by atoms with Crippen LogP contribution in [0, 0.1) is 6.92 Å². The number of hydrogen-bond acceptors (Lipinski definition) is 1. The Kier molecular flexibility index (Phi) is 2.75. The predicted octanol–water partition coefficient (Wildman–Crippen LogP) is 1.82. The van der Waals surface area contributed by atoms with Crippen LogP contribution in [0.15, 0.2) is 23.0 Å². The van der Waals surface area contributed by atoms with E-state index in [-0.39, 0.29) is 16.7 Å². The first-order valence-electron chi connectivity index (χ1n) is 3.24. The van der Waals surface area contributed by atoms with Gasteiger partial charge in [-0.15, -0.1) is 0 Å². The van der Waals surface area contributed by atoms with Gasteiger partial charge in [-0.25, -0.2) is 10.9 Å². The summed E-state index contributed by atoms with van der Waals surface area (Å²) in [5.41, 5.74) is 0. The third kappa shape index (κ3) is 2.03. The summed E-state index contributed by atoms with van der Waals surface area (Å²) in [5, 5.41) is 4.20. The number of hydrogen-bond donors (Lipinski definition) is 1. The highest BCUT2D eigenvalue weighted by Gasteiger charge is 2.03. The highest BCUT2D eigenvalue weighted by atomic mass is 32.2. The second-order valence-electron chi connectivity index (χ2n) is 2.14. The Morgan fingerprint density at radius 2 is 2.00 bits per heavy atom. The van der Waals surface area contributed by atoms with Gasteiger partial charge in [0, 0.05) is 12.2 Å². The van der Waals surface area contributed by atoms with Crippen LogP contribution in [0.3, 0.4) is 0 Å². The normalized spacial score (nSPS) is 18.3. The Labute approximate surface area is 64.2 Å². The molecule has 1 nitrogen and oxygen atoms in total. The van der Waals surface area contributed by atoms with E-state index in [1.54, 1.807) is 0 Å². The van der Waals surface area contributed by atoms with Crippen LogP contribution in [0.25, 0.3) is 0 Å². The van der Waals surface area contributed by atoms with E-state index in [2.05, 4.69) is 17.7 Å². The van der Waals surface area contributed by atoms with E-state index in [1.165, 1.54) is 0 Å². The monoisotopic (exact) mass is 155 g/mol. The number of carbonyl (C=O) groups is 1. The van der Waals surface area contributed by atoms with Crippen LogP contribution in [-0.4, -0.2) is 11.5 Å². The zero-order valence-corrected chi connectivity index (χ0v) is 6.68. The van der Waals surface area contributed by atoms with Crippen LogP contribution in [0.1, 0.15) is 6.42 Å². The maximum absolute atomic E-state index is 10.9. The molecule has 0 saturated carbocycles. The van der Waals surface area contributed by atoms with E-state index in [9.17, 15) is 4.79 Å². The van der Waals surface area contributed by atoms with Crippen molar-refractivity contribution in [2.45, 2.75) is 6.42 Å². The van der Waals surface area contributed by atoms with Gasteiger partial charge >= 0.3 is 0 Å². The van der Waals surface area contributed by atoms with Crippen molar-refractivity contribution in [1.29, 1.82) is 0 Å². The zero-order chi connectivity index (χ0) is 7.40. The van der Waals surface area contributed by atoms with Gasteiger partial charge in [-0.05, 0) is 17.7 Å². The van der Waals surface area contributed by atoms with Crippen LogP contribution in [0.2, 0.25) is 0 Å². The van der Waals surface area contributed by atoms with Gasteiger partial charge in [0.15, 0.2) is 0 Å². The average molecular weight is 155 g/mol. The molecule has 0 aliphatic carbocycles. The highest BCUT2D eigenvalue weighted by Crippen LogP contribution is 2.32. The Morgan fingerprint density at radius 3 is 2.50 bits per heavy atom. The molecule has 1 aliphatic heterocycles. The number of carbonyl (C=O) groups excluding carboxylic acids is 1. The van der Waals surface area contributed by atoms with E-state index in [0.717, 1.165) is 0 Å². The van der Waals surface area contributed by atoms with Crippen LogP contribution in [0.4, 0.5) is 0 Å².